The van der Waals surface area contributed by atoms with Crippen LogP contribution in [0.2, 0.25) is 5.02 Å². The summed E-state index contributed by atoms with van der Waals surface area (Å²) in [7, 11) is 1.25. The summed E-state index contributed by atoms with van der Waals surface area (Å²) in [6, 6.07) is 9.29. The van der Waals surface area contributed by atoms with Crippen molar-refractivity contribution >= 4 is 35.7 Å². The minimum absolute atomic E-state index is 0.121. The number of carbonyl (C=O) groups excluding carboxylic acids is 1. The first-order valence-corrected chi connectivity index (χ1v) is 8.86. The van der Waals surface area contributed by atoms with Gasteiger partial charge in [-0.3, -0.25) is 0 Å². The number of aliphatic carboxylic acids is 1. The summed E-state index contributed by atoms with van der Waals surface area (Å²) >= 11 is 6.10. The quantitative estimate of drug-likeness (QED) is 0.538. The molecule has 0 saturated carbocycles. The van der Waals surface area contributed by atoms with Crippen molar-refractivity contribution in [1.82, 2.24) is 0 Å². The standard InChI is InChI=1S/C21H14ClF3O5/c1-29-17(26)7-4-11-2-5-12(6-3-11)15-10-14(22)8-13-9-16(20(27)28)19(21(23,24)25)30-18(13)15/h2-10,19H,1H3,(H,27,28). The Balaban J connectivity index is 2.06. The normalized spacial score (nSPS) is 15.9. The zero-order valence-corrected chi connectivity index (χ0v) is 16.1. The van der Waals surface area contributed by atoms with Crippen LogP contribution in [0.5, 0.6) is 5.75 Å². The van der Waals surface area contributed by atoms with Crippen molar-refractivity contribution in [3.63, 3.8) is 0 Å². The van der Waals surface area contributed by atoms with Gasteiger partial charge in [-0.1, -0.05) is 35.9 Å². The summed E-state index contributed by atoms with van der Waals surface area (Å²) in [5.74, 6) is -2.38. The second kappa shape index (κ2) is 8.23. The molecule has 30 heavy (non-hydrogen) atoms. The van der Waals surface area contributed by atoms with Crippen LogP contribution in [0.1, 0.15) is 11.1 Å². The van der Waals surface area contributed by atoms with Crippen LogP contribution in [0.3, 0.4) is 0 Å². The van der Waals surface area contributed by atoms with Crippen LogP contribution in [0.4, 0.5) is 13.2 Å². The van der Waals surface area contributed by atoms with E-state index in [1.807, 2.05) is 0 Å². The van der Waals surface area contributed by atoms with Crippen LogP contribution in [0.25, 0.3) is 23.3 Å². The second-order valence-electron chi connectivity index (χ2n) is 6.29. The van der Waals surface area contributed by atoms with Gasteiger partial charge in [0.15, 0.2) is 0 Å². The Hall–Kier alpha value is -3.26. The number of rotatable bonds is 4. The Morgan fingerprint density at radius 2 is 1.87 bits per heavy atom. The fourth-order valence-electron chi connectivity index (χ4n) is 2.92. The molecule has 0 aliphatic carbocycles. The van der Waals surface area contributed by atoms with Crippen LogP contribution >= 0.6 is 11.6 Å². The van der Waals surface area contributed by atoms with E-state index in [0.717, 1.165) is 6.08 Å². The Bertz CT molecular complexity index is 1060. The number of carbonyl (C=O) groups is 2. The van der Waals surface area contributed by atoms with E-state index < -0.39 is 29.8 Å². The molecule has 0 amide bonds. The molecule has 1 atom stereocenters. The molecule has 1 N–H and O–H groups in total. The maximum atomic E-state index is 13.4. The summed E-state index contributed by atoms with van der Waals surface area (Å²) in [6.07, 6.45) is -3.86. The number of benzene rings is 2. The molecule has 2 aromatic carbocycles. The number of carboxylic acids is 1. The molecule has 1 heterocycles. The average Bonchev–Trinajstić information content (AvgIpc) is 2.70. The smallest absolute Gasteiger partial charge is 0.430 e. The van der Waals surface area contributed by atoms with Crippen LogP contribution in [0.15, 0.2) is 48.0 Å². The molecule has 0 bridgehead atoms. The fraction of sp³-hybridized carbons (Fsp3) is 0.143. The fourth-order valence-corrected chi connectivity index (χ4v) is 3.14. The third-order valence-corrected chi connectivity index (χ3v) is 4.51. The molecule has 1 aliphatic heterocycles. The van der Waals surface area contributed by atoms with Gasteiger partial charge in [-0.05, 0) is 35.4 Å². The first-order valence-electron chi connectivity index (χ1n) is 8.48. The van der Waals surface area contributed by atoms with E-state index in [-0.39, 0.29) is 21.9 Å². The van der Waals surface area contributed by atoms with Crippen molar-refractivity contribution in [3.05, 3.63) is 64.2 Å². The lowest BCUT2D eigenvalue weighted by molar-refractivity contribution is -0.187. The highest BCUT2D eigenvalue weighted by Crippen LogP contribution is 2.44. The first-order chi connectivity index (χ1) is 14.1. The molecule has 3 rings (SSSR count). The number of ether oxygens (including phenoxy) is 2. The SMILES string of the molecule is COC(=O)C=Cc1ccc(-c2cc(Cl)cc3c2OC(C(F)(F)F)C(C(=O)O)=C3)cc1. The van der Waals surface area contributed by atoms with Gasteiger partial charge in [-0.2, -0.15) is 13.2 Å². The summed E-state index contributed by atoms with van der Waals surface area (Å²) in [5.41, 5.74) is 0.631. The van der Waals surface area contributed by atoms with Crippen molar-refractivity contribution < 1.29 is 37.3 Å². The monoisotopic (exact) mass is 438 g/mol. The van der Waals surface area contributed by atoms with Crippen LogP contribution in [-0.2, 0) is 14.3 Å². The predicted octanol–water partition coefficient (Wildman–Crippen LogP) is 4.98. The van der Waals surface area contributed by atoms with Gasteiger partial charge in [0.05, 0.1) is 12.7 Å². The lowest BCUT2D eigenvalue weighted by Gasteiger charge is -2.28. The van der Waals surface area contributed by atoms with Crippen molar-refractivity contribution in [2.75, 3.05) is 7.11 Å². The summed E-state index contributed by atoms with van der Waals surface area (Å²) in [6.45, 7) is 0. The second-order valence-corrected chi connectivity index (χ2v) is 6.73. The average molecular weight is 439 g/mol. The Labute approximate surface area is 174 Å². The molecule has 0 aromatic heterocycles. The molecule has 1 unspecified atom stereocenters. The van der Waals surface area contributed by atoms with E-state index in [4.69, 9.17) is 16.3 Å². The number of esters is 1. The number of alkyl halides is 3. The van der Waals surface area contributed by atoms with Gasteiger partial charge < -0.3 is 14.6 Å². The summed E-state index contributed by atoms with van der Waals surface area (Å²) in [4.78, 5) is 22.5. The van der Waals surface area contributed by atoms with Gasteiger partial charge in [-0.25, -0.2) is 9.59 Å². The molecule has 0 radical (unpaired) electrons. The molecule has 0 spiro atoms. The van der Waals surface area contributed by atoms with Gasteiger partial charge in [-0.15, -0.1) is 0 Å². The third kappa shape index (κ3) is 4.49. The highest BCUT2D eigenvalue weighted by molar-refractivity contribution is 6.31. The zero-order chi connectivity index (χ0) is 22.1. The molecular weight excluding hydrogens is 425 g/mol. The highest BCUT2D eigenvalue weighted by atomic mass is 35.5. The first kappa shape index (κ1) is 21.4. The highest BCUT2D eigenvalue weighted by Gasteiger charge is 2.48. The zero-order valence-electron chi connectivity index (χ0n) is 15.4. The number of halogens is 4. The van der Waals surface area contributed by atoms with Crippen LogP contribution in [0, 0.1) is 0 Å². The molecule has 1 aliphatic rings. The van der Waals surface area contributed by atoms with Crippen LogP contribution < -0.4 is 4.74 Å². The Morgan fingerprint density at radius 3 is 2.43 bits per heavy atom. The van der Waals surface area contributed by atoms with Gasteiger partial charge in [0.1, 0.15) is 5.75 Å². The van der Waals surface area contributed by atoms with Crippen molar-refractivity contribution in [2.24, 2.45) is 0 Å². The Morgan fingerprint density at radius 1 is 1.20 bits per heavy atom. The largest absolute Gasteiger partial charge is 0.478 e. The van der Waals surface area contributed by atoms with E-state index >= 15 is 0 Å². The van der Waals surface area contributed by atoms with Crippen molar-refractivity contribution in [3.8, 4) is 16.9 Å². The summed E-state index contributed by atoms with van der Waals surface area (Å²) < 4.78 is 49.8. The van der Waals surface area contributed by atoms with Gasteiger partial charge >= 0.3 is 18.1 Å². The van der Waals surface area contributed by atoms with E-state index in [1.165, 1.54) is 31.4 Å². The van der Waals surface area contributed by atoms with Gasteiger partial charge in [0.2, 0.25) is 6.10 Å². The third-order valence-electron chi connectivity index (χ3n) is 4.29. The van der Waals surface area contributed by atoms with Crippen molar-refractivity contribution in [2.45, 2.75) is 12.3 Å². The lowest BCUT2D eigenvalue weighted by Crippen LogP contribution is -2.40. The van der Waals surface area contributed by atoms with E-state index in [2.05, 4.69) is 4.74 Å². The molecule has 0 saturated heterocycles. The minimum atomic E-state index is -4.92. The number of hydrogen-bond acceptors (Lipinski definition) is 4. The minimum Gasteiger partial charge on any atom is -0.478 e. The Kier molecular flexibility index (Phi) is 5.89. The molecular formula is C21H14ClF3O5. The van der Waals surface area contributed by atoms with Gasteiger partial charge in [0.25, 0.3) is 0 Å². The van der Waals surface area contributed by atoms with E-state index in [1.54, 1.807) is 24.3 Å². The van der Waals surface area contributed by atoms with Crippen molar-refractivity contribution in [1.29, 1.82) is 0 Å². The topological polar surface area (TPSA) is 72.8 Å². The van der Waals surface area contributed by atoms with E-state index in [9.17, 15) is 27.9 Å². The molecule has 0 fully saturated rings. The number of fused-ring (bicyclic) bond motifs is 1. The summed E-state index contributed by atoms with van der Waals surface area (Å²) in [5, 5.41) is 9.37. The number of hydrogen-bond donors (Lipinski definition) is 1. The molecule has 5 nitrogen and oxygen atoms in total. The lowest BCUT2D eigenvalue weighted by atomic mass is 9.95. The van der Waals surface area contributed by atoms with E-state index in [0.29, 0.717) is 11.1 Å². The molecule has 156 valence electrons. The number of methoxy groups -OCH3 is 1. The molecule has 9 heteroatoms. The molecule has 2 aromatic rings. The maximum absolute atomic E-state index is 13.4. The van der Waals surface area contributed by atoms with Gasteiger partial charge in [0, 0.05) is 22.2 Å². The van der Waals surface area contributed by atoms with Crippen LogP contribution in [-0.4, -0.2) is 36.4 Å². The maximum Gasteiger partial charge on any atom is 0.430 e. The number of carboxylic acid groups (broad SMARTS) is 1. The predicted molar refractivity (Wildman–Crippen MR) is 104 cm³/mol.